The van der Waals surface area contributed by atoms with Crippen molar-refractivity contribution in [3.63, 3.8) is 0 Å². The number of rotatable bonds is 3. The summed E-state index contributed by atoms with van der Waals surface area (Å²) in [7, 11) is 0. The number of thiocarbonyl (C=S) groups is 1. The molecule has 0 bridgehead atoms. The van der Waals surface area contributed by atoms with Crippen molar-refractivity contribution in [2.24, 2.45) is 0 Å². The monoisotopic (exact) mass is 449 g/mol. The van der Waals surface area contributed by atoms with Crippen molar-refractivity contribution in [2.45, 2.75) is 18.6 Å². The first-order valence-corrected chi connectivity index (χ1v) is 9.15. The molecule has 2 aromatic rings. The van der Waals surface area contributed by atoms with Gasteiger partial charge in [0.25, 0.3) is 5.91 Å². The Labute approximate surface area is 169 Å². The van der Waals surface area contributed by atoms with E-state index in [-0.39, 0.29) is 10.1 Å². The molecule has 26 heavy (non-hydrogen) atoms. The number of hydrogen-bond acceptors (Lipinski definition) is 4. The van der Waals surface area contributed by atoms with Gasteiger partial charge in [-0.2, -0.15) is 5.26 Å². The van der Waals surface area contributed by atoms with Crippen LogP contribution in [0.3, 0.4) is 0 Å². The number of aliphatic hydroxyl groups excluding tert-OH is 1. The lowest BCUT2D eigenvalue weighted by atomic mass is 9.89. The van der Waals surface area contributed by atoms with Gasteiger partial charge in [-0.25, -0.2) is 0 Å². The predicted molar refractivity (Wildman–Crippen MR) is 107 cm³/mol. The Bertz CT molecular complexity index is 944. The fraction of sp³-hybridized carbons (Fsp3) is 0.167. The van der Waals surface area contributed by atoms with Crippen LogP contribution in [0.1, 0.15) is 24.2 Å². The zero-order valence-electron chi connectivity index (χ0n) is 13.5. The number of halogens is 2. The van der Waals surface area contributed by atoms with Crippen LogP contribution < -0.4 is 10.2 Å². The van der Waals surface area contributed by atoms with Gasteiger partial charge in [0.2, 0.25) is 0 Å². The van der Waals surface area contributed by atoms with Crippen molar-refractivity contribution in [1.29, 1.82) is 5.26 Å². The van der Waals surface area contributed by atoms with E-state index in [9.17, 15) is 9.90 Å². The van der Waals surface area contributed by atoms with Crippen molar-refractivity contribution >= 4 is 56.5 Å². The van der Waals surface area contributed by atoms with Crippen LogP contribution in [0.4, 0.5) is 5.69 Å². The van der Waals surface area contributed by atoms with Gasteiger partial charge in [-0.15, -0.1) is 0 Å². The molecule has 1 aliphatic rings. The Morgan fingerprint density at radius 2 is 2.00 bits per heavy atom. The van der Waals surface area contributed by atoms with Gasteiger partial charge >= 0.3 is 0 Å². The number of nitriles is 1. The molecular formula is C18H13BrClN3O2S. The van der Waals surface area contributed by atoms with E-state index in [0.29, 0.717) is 16.8 Å². The highest BCUT2D eigenvalue weighted by Crippen LogP contribution is 2.35. The molecule has 1 aliphatic heterocycles. The van der Waals surface area contributed by atoms with Gasteiger partial charge < -0.3 is 10.4 Å². The van der Waals surface area contributed by atoms with E-state index >= 15 is 0 Å². The molecule has 0 spiro atoms. The molecule has 1 saturated heterocycles. The van der Waals surface area contributed by atoms with Gasteiger partial charge in [0, 0.05) is 4.47 Å². The Morgan fingerprint density at radius 3 is 2.58 bits per heavy atom. The molecule has 1 amide bonds. The molecule has 5 nitrogen and oxygen atoms in total. The summed E-state index contributed by atoms with van der Waals surface area (Å²) in [5.41, 5.74) is -0.00782. The van der Waals surface area contributed by atoms with E-state index in [1.165, 1.54) is 17.0 Å². The summed E-state index contributed by atoms with van der Waals surface area (Å²) in [6, 6.07) is 13.6. The van der Waals surface area contributed by atoms with E-state index in [0.717, 1.165) is 4.47 Å². The number of carbonyl (C=O) groups is 1. The van der Waals surface area contributed by atoms with Gasteiger partial charge in [0.15, 0.2) is 5.11 Å². The van der Waals surface area contributed by atoms with Crippen LogP contribution in [-0.4, -0.2) is 21.7 Å². The Balaban J connectivity index is 1.96. The average molecular weight is 451 g/mol. The van der Waals surface area contributed by atoms with Gasteiger partial charge in [-0.1, -0.05) is 39.7 Å². The number of carbonyl (C=O) groups excluding carboxylic acids is 1. The van der Waals surface area contributed by atoms with Gasteiger partial charge in [-0.05, 0) is 55.0 Å². The highest BCUT2D eigenvalue weighted by atomic mass is 79.9. The normalized spacial score (nSPS) is 20.7. The number of aliphatic hydroxyl groups is 1. The molecule has 0 unspecified atom stereocenters. The average Bonchev–Trinajstić information content (AvgIpc) is 2.85. The molecule has 2 N–H and O–H groups in total. The molecule has 0 aliphatic carbocycles. The minimum atomic E-state index is -1.33. The van der Waals surface area contributed by atoms with Gasteiger partial charge in [0.05, 0.1) is 16.3 Å². The Kier molecular flexibility index (Phi) is 5.04. The summed E-state index contributed by atoms with van der Waals surface area (Å²) >= 11 is 14.7. The van der Waals surface area contributed by atoms with E-state index in [4.69, 9.17) is 29.1 Å². The maximum atomic E-state index is 13.1. The van der Waals surface area contributed by atoms with Crippen LogP contribution in [0.25, 0.3) is 0 Å². The molecule has 8 heteroatoms. The van der Waals surface area contributed by atoms with Crippen molar-refractivity contribution in [2.75, 3.05) is 4.90 Å². The van der Waals surface area contributed by atoms with Crippen molar-refractivity contribution < 1.29 is 9.90 Å². The van der Waals surface area contributed by atoms with Crippen LogP contribution in [0, 0.1) is 11.3 Å². The van der Waals surface area contributed by atoms with Crippen LogP contribution in [0.15, 0.2) is 46.9 Å². The molecule has 1 fully saturated rings. The molecule has 0 radical (unpaired) electrons. The molecule has 3 rings (SSSR count). The lowest BCUT2D eigenvalue weighted by molar-refractivity contribution is -0.125. The van der Waals surface area contributed by atoms with E-state index in [1.54, 1.807) is 37.3 Å². The largest absolute Gasteiger partial charge is 0.385 e. The molecule has 0 saturated carbocycles. The molecule has 0 aromatic heterocycles. The highest BCUT2D eigenvalue weighted by molar-refractivity contribution is 9.10. The summed E-state index contributed by atoms with van der Waals surface area (Å²) < 4.78 is 0.869. The zero-order chi connectivity index (χ0) is 19.1. The predicted octanol–water partition coefficient (Wildman–Crippen LogP) is 3.69. The van der Waals surface area contributed by atoms with Gasteiger partial charge in [0.1, 0.15) is 17.7 Å². The third-order valence-electron chi connectivity index (χ3n) is 4.28. The van der Waals surface area contributed by atoms with Crippen molar-refractivity contribution in [1.82, 2.24) is 5.32 Å². The first kappa shape index (κ1) is 18.8. The van der Waals surface area contributed by atoms with Crippen LogP contribution in [0.5, 0.6) is 0 Å². The standard InChI is InChI=1S/C18H13BrClN3O2S/c1-18(15(24)10-2-5-12(19)6-3-10)16(25)23(17(26)22-18)13-7-4-11(9-21)14(20)8-13/h2-8,15,24H,1H3,(H,22,26)/t15-,18+/m0/s1. The maximum Gasteiger partial charge on any atom is 0.261 e. The number of nitrogens with zero attached hydrogens (tertiary/aromatic N) is 2. The lowest BCUT2D eigenvalue weighted by Gasteiger charge is -2.28. The first-order valence-electron chi connectivity index (χ1n) is 7.58. The van der Waals surface area contributed by atoms with E-state index in [1.807, 2.05) is 6.07 Å². The first-order chi connectivity index (χ1) is 12.3. The second-order valence-electron chi connectivity index (χ2n) is 6.00. The molecular weight excluding hydrogens is 438 g/mol. The van der Waals surface area contributed by atoms with Crippen molar-refractivity contribution in [3.8, 4) is 6.07 Å². The third-order valence-corrected chi connectivity index (χ3v) is 5.41. The molecule has 2 aromatic carbocycles. The minimum absolute atomic E-state index is 0.162. The summed E-state index contributed by atoms with van der Waals surface area (Å²) in [5.74, 6) is -0.404. The summed E-state index contributed by atoms with van der Waals surface area (Å²) in [5, 5.41) is 23.1. The summed E-state index contributed by atoms with van der Waals surface area (Å²) in [4.78, 5) is 14.4. The number of amides is 1. The second-order valence-corrected chi connectivity index (χ2v) is 7.71. The SMILES string of the molecule is C[C@]1([C@@H](O)c2ccc(Br)cc2)NC(=S)N(c2ccc(C#N)c(Cl)c2)C1=O. The number of hydrogen-bond donors (Lipinski definition) is 2. The Morgan fingerprint density at radius 1 is 1.35 bits per heavy atom. The van der Waals surface area contributed by atoms with E-state index < -0.39 is 17.6 Å². The Hall–Kier alpha value is -1.98. The quantitative estimate of drug-likeness (QED) is 0.698. The molecule has 2 atom stereocenters. The maximum absolute atomic E-state index is 13.1. The number of nitrogens with one attached hydrogen (secondary N) is 1. The number of benzene rings is 2. The van der Waals surface area contributed by atoms with Crippen LogP contribution in [-0.2, 0) is 4.79 Å². The third kappa shape index (κ3) is 3.10. The second kappa shape index (κ2) is 6.97. The van der Waals surface area contributed by atoms with Crippen LogP contribution in [0.2, 0.25) is 5.02 Å². The topological polar surface area (TPSA) is 76.4 Å². The van der Waals surface area contributed by atoms with Crippen LogP contribution >= 0.6 is 39.7 Å². The van der Waals surface area contributed by atoms with E-state index in [2.05, 4.69) is 21.2 Å². The lowest BCUT2D eigenvalue weighted by Crippen LogP contribution is -2.49. The molecule has 132 valence electrons. The minimum Gasteiger partial charge on any atom is -0.385 e. The fourth-order valence-corrected chi connectivity index (χ4v) is 3.67. The molecule has 1 heterocycles. The fourth-order valence-electron chi connectivity index (χ4n) is 2.79. The van der Waals surface area contributed by atoms with Crippen molar-refractivity contribution in [3.05, 3.63) is 63.1 Å². The number of anilines is 1. The smallest absolute Gasteiger partial charge is 0.261 e. The van der Waals surface area contributed by atoms with Gasteiger partial charge in [-0.3, -0.25) is 9.69 Å². The summed E-state index contributed by atoms with van der Waals surface area (Å²) in [6.45, 7) is 1.60. The highest BCUT2D eigenvalue weighted by Gasteiger charge is 2.51. The zero-order valence-corrected chi connectivity index (χ0v) is 16.7. The summed E-state index contributed by atoms with van der Waals surface area (Å²) in [6.07, 6.45) is -1.11.